The highest BCUT2D eigenvalue weighted by molar-refractivity contribution is 7.99. The Hall–Kier alpha value is -0.840. The fourth-order valence-corrected chi connectivity index (χ4v) is 4.22. The first kappa shape index (κ1) is 13.2. The van der Waals surface area contributed by atoms with Gasteiger partial charge < -0.3 is 5.32 Å². The average Bonchev–Trinajstić information content (AvgIpc) is 2.85. The Kier molecular flexibility index (Phi) is 4.21. The number of nitrogens with one attached hydrogen (secondary N) is 1. The zero-order valence-corrected chi connectivity index (χ0v) is 12.7. The predicted octanol–water partition coefficient (Wildman–Crippen LogP) is 3.82. The first-order valence-corrected chi connectivity index (χ1v) is 8.55. The molecule has 2 heterocycles. The molecule has 1 aromatic heterocycles. The van der Waals surface area contributed by atoms with E-state index in [4.69, 9.17) is 0 Å². The molecular weight excluding hydrogens is 272 g/mol. The molecule has 0 amide bonds. The minimum Gasteiger partial charge on any atom is -0.309 e. The number of fused-ring (bicyclic) bond motifs is 1. The van der Waals surface area contributed by atoms with Crippen LogP contribution in [0.3, 0.4) is 0 Å². The van der Waals surface area contributed by atoms with E-state index >= 15 is 0 Å². The lowest BCUT2D eigenvalue weighted by atomic mass is 10.0. The second-order valence-electron chi connectivity index (χ2n) is 4.79. The van der Waals surface area contributed by atoms with Crippen molar-refractivity contribution in [2.24, 2.45) is 0 Å². The Labute approximate surface area is 122 Å². The number of rotatable bonds is 4. The monoisotopic (exact) mass is 290 g/mol. The molecule has 0 aliphatic carbocycles. The summed E-state index contributed by atoms with van der Waals surface area (Å²) in [6, 6.07) is 9.27. The summed E-state index contributed by atoms with van der Waals surface area (Å²) in [6.45, 7) is 3.07. The maximum absolute atomic E-state index is 4.51. The second kappa shape index (κ2) is 6.07. The number of thiazole rings is 1. The van der Waals surface area contributed by atoms with E-state index < -0.39 is 0 Å². The van der Waals surface area contributed by atoms with Crippen LogP contribution in [-0.4, -0.2) is 17.3 Å². The predicted molar refractivity (Wildman–Crippen MR) is 83.1 cm³/mol. The summed E-state index contributed by atoms with van der Waals surface area (Å²) in [5.74, 6) is 1.21. The highest BCUT2D eigenvalue weighted by atomic mass is 32.2. The van der Waals surface area contributed by atoms with E-state index in [0.29, 0.717) is 6.04 Å². The molecule has 2 aromatic rings. The van der Waals surface area contributed by atoms with Crippen molar-refractivity contribution in [3.63, 3.8) is 0 Å². The zero-order chi connectivity index (χ0) is 13.1. The quantitative estimate of drug-likeness (QED) is 0.926. The third-order valence-electron chi connectivity index (χ3n) is 3.40. The number of hydrogen-bond donors (Lipinski definition) is 1. The normalized spacial score (nSPS) is 18.3. The number of nitrogens with zero attached hydrogens (tertiary/aromatic N) is 1. The van der Waals surface area contributed by atoms with Crippen molar-refractivity contribution in [2.75, 3.05) is 12.3 Å². The van der Waals surface area contributed by atoms with Crippen molar-refractivity contribution in [2.45, 2.75) is 30.7 Å². The first-order chi connectivity index (χ1) is 9.33. The molecule has 0 bridgehead atoms. The molecular formula is C15H18N2S2. The molecule has 1 aromatic carbocycles. The molecule has 19 heavy (non-hydrogen) atoms. The van der Waals surface area contributed by atoms with Crippen LogP contribution in [0, 0.1) is 6.92 Å². The maximum Gasteiger partial charge on any atom is 0.0897 e. The molecule has 1 atom stereocenters. The van der Waals surface area contributed by atoms with E-state index in [0.717, 1.165) is 18.0 Å². The van der Waals surface area contributed by atoms with Gasteiger partial charge in [0.25, 0.3) is 0 Å². The molecule has 1 aliphatic heterocycles. The molecule has 0 radical (unpaired) electrons. The number of aryl methyl sites for hydroxylation is 1. The summed E-state index contributed by atoms with van der Waals surface area (Å²) in [6.07, 6.45) is 2.24. The fraction of sp³-hybridized carbons (Fsp3) is 0.400. The van der Waals surface area contributed by atoms with E-state index in [1.54, 1.807) is 11.3 Å². The van der Waals surface area contributed by atoms with Gasteiger partial charge in [-0.2, -0.15) is 0 Å². The van der Waals surface area contributed by atoms with Crippen molar-refractivity contribution in [3.8, 4) is 0 Å². The summed E-state index contributed by atoms with van der Waals surface area (Å²) >= 11 is 3.71. The van der Waals surface area contributed by atoms with Crippen LogP contribution >= 0.6 is 23.1 Å². The molecule has 2 nitrogen and oxygen atoms in total. The highest BCUT2D eigenvalue weighted by Crippen LogP contribution is 2.35. The van der Waals surface area contributed by atoms with Crippen LogP contribution in [0.2, 0.25) is 0 Å². The van der Waals surface area contributed by atoms with Gasteiger partial charge in [0, 0.05) is 29.3 Å². The van der Waals surface area contributed by atoms with Gasteiger partial charge in [0.15, 0.2) is 0 Å². The van der Waals surface area contributed by atoms with Crippen molar-refractivity contribution in [1.29, 1.82) is 0 Å². The van der Waals surface area contributed by atoms with E-state index in [1.807, 2.05) is 11.8 Å². The van der Waals surface area contributed by atoms with Gasteiger partial charge in [0.1, 0.15) is 0 Å². The molecule has 0 spiro atoms. The Bertz CT molecular complexity index is 551. The lowest BCUT2D eigenvalue weighted by molar-refractivity contribution is 0.512. The summed E-state index contributed by atoms with van der Waals surface area (Å²) in [5, 5.41) is 7.02. The number of benzene rings is 1. The Balaban J connectivity index is 1.59. The molecule has 100 valence electrons. The smallest absolute Gasteiger partial charge is 0.0897 e. The van der Waals surface area contributed by atoms with E-state index in [9.17, 15) is 0 Å². The van der Waals surface area contributed by atoms with Crippen LogP contribution < -0.4 is 5.32 Å². The van der Waals surface area contributed by atoms with Crippen molar-refractivity contribution in [3.05, 3.63) is 45.9 Å². The number of hydrogen-bond acceptors (Lipinski definition) is 4. The first-order valence-electron chi connectivity index (χ1n) is 6.69. The average molecular weight is 290 g/mol. The fourth-order valence-electron chi connectivity index (χ4n) is 2.45. The largest absolute Gasteiger partial charge is 0.309 e. The van der Waals surface area contributed by atoms with E-state index in [2.05, 4.69) is 46.9 Å². The van der Waals surface area contributed by atoms with Gasteiger partial charge in [-0.1, -0.05) is 18.2 Å². The van der Waals surface area contributed by atoms with Gasteiger partial charge in [-0.25, -0.2) is 4.98 Å². The van der Waals surface area contributed by atoms with Crippen LogP contribution in [-0.2, 0) is 6.42 Å². The summed E-state index contributed by atoms with van der Waals surface area (Å²) < 4.78 is 0. The lowest BCUT2D eigenvalue weighted by Crippen LogP contribution is -2.26. The minimum atomic E-state index is 0.511. The molecule has 1 N–H and O–H groups in total. The zero-order valence-electron chi connectivity index (χ0n) is 11.1. The van der Waals surface area contributed by atoms with Crippen LogP contribution in [0.1, 0.15) is 28.7 Å². The van der Waals surface area contributed by atoms with Gasteiger partial charge in [-0.15, -0.1) is 23.1 Å². The lowest BCUT2D eigenvalue weighted by Gasteiger charge is -2.25. The third-order valence-corrected chi connectivity index (χ3v) is 5.34. The summed E-state index contributed by atoms with van der Waals surface area (Å²) in [7, 11) is 0. The van der Waals surface area contributed by atoms with Crippen LogP contribution in [0.15, 0.2) is 34.5 Å². The molecule has 1 unspecified atom stereocenters. The molecule has 1 aliphatic rings. The van der Waals surface area contributed by atoms with Crippen LogP contribution in [0.25, 0.3) is 0 Å². The van der Waals surface area contributed by atoms with Crippen molar-refractivity contribution >= 4 is 23.1 Å². The molecule has 0 fully saturated rings. The van der Waals surface area contributed by atoms with E-state index in [1.165, 1.54) is 28.3 Å². The van der Waals surface area contributed by atoms with Gasteiger partial charge in [-0.3, -0.25) is 0 Å². The second-order valence-corrected chi connectivity index (χ2v) is 6.99. The highest BCUT2D eigenvalue weighted by Gasteiger charge is 2.19. The Morgan fingerprint density at radius 2 is 2.26 bits per heavy atom. The minimum absolute atomic E-state index is 0.511. The standard InChI is InChI=1S/C15H18N2S2/c1-11-17-12(10-19-11)6-8-16-14-7-9-18-15-5-3-2-4-13(14)15/h2-5,10,14,16H,6-9H2,1H3. The SMILES string of the molecule is Cc1nc(CCNC2CCSc3ccccc32)cs1. The summed E-state index contributed by atoms with van der Waals surface area (Å²) in [4.78, 5) is 5.95. The van der Waals surface area contributed by atoms with Crippen molar-refractivity contribution in [1.82, 2.24) is 10.3 Å². The topological polar surface area (TPSA) is 24.9 Å². The van der Waals surface area contributed by atoms with E-state index in [-0.39, 0.29) is 0 Å². The molecule has 3 rings (SSSR count). The van der Waals surface area contributed by atoms with Gasteiger partial charge >= 0.3 is 0 Å². The van der Waals surface area contributed by atoms with Gasteiger partial charge in [0.05, 0.1) is 10.7 Å². The van der Waals surface area contributed by atoms with Crippen LogP contribution in [0.5, 0.6) is 0 Å². The number of thioether (sulfide) groups is 1. The number of aromatic nitrogens is 1. The van der Waals surface area contributed by atoms with Gasteiger partial charge in [-0.05, 0) is 30.7 Å². The van der Waals surface area contributed by atoms with Crippen LogP contribution in [0.4, 0.5) is 0 Å². The maximum atomic E-state index is 4.51. The molecule has 0 saturated carbocycles. The van der Waals surface area contributed by atoms with Gasteiger partial charge in [0.2, 0.25) is 0 Å². The third kappa shape index (κ3) is 3.19. The van der Waals surface area contributed by atoms with Crippen molar-refractivity contribution < 1.29 is 0 Å². The Morgan fingerprint density at radius 3 is 3.11 bits per heavy atom. The Morgan fingerprint density at radius 1 is 1.37 bits per heavy atom. The molecule has 4 heteroatoms. The summed E-state index contributed by atoms with van der Waals surface area (Å²) in [5.41, 5.74) is 2.68. The molecule has 0 saturated heterocycles.